The Kier molecular flexibility index (Phi) is 3.86. The maximum Gasteiger partial charge on any atom is 0.337 e. The average molecular weight is 292 g/mol. The number of carbonyl (C=O) groups excluding carboxylic acids is 1. The summed E-state index contributed by atoms with van der Waals surface area (Å²) in [5, 5.41) is 11.7. The van der Waals surface area contributed by atoms with Crippen LogP contribution in [0.2, 0.25) is 5.02 Å². The average Bonchev–Trinajstić information content (AvgIpc) is 2.38. The first-order valence-corrected chi connectivity index (χ1v) is 5.90. The fourth-order valence-corrected chi connectivity index (χ4v) is 1.81. The largest absolute Gasteiger partial charge is 0.478 e. The summed E-state index contributed by atoms with van der Waals surface area (Å²) in [6, 6.07) is 5.57. The Hall–Kier alpha value is -2.60. The van der Waals surface area contributed by atoms with Crippen LogP contribution < -0.4 is 11.1 Å². The monoisotopic (exact) mass is 291 g/mol. The van der Waals surface area contributed by atoms with Crippen molar-refractivity contribution in [3.8, 4) is 0 Å². The van der Waals surface area contributed by atoms with Crippen LogP contribution in [-0.4, -0.2) is 22.0 Å². The van der Waals surface area contributed by atoms with Crippen molar-refractivity contribution in [1.82, 2.24) is 4.98 Å². The van der Waals surface area contributed by atoms with Gasteiger partial charge in [0.2, 0.25) is 0 Å². The summed E-state index contributed by atoms with van der Waals surface area (Å²) in [5.41, 5.74) is 6.17. The molecule has 1 amide bonds. The van der Waals surface area contributed by atoms with Crippen LogP contribution in [0.5, 0.6) is 0 Å². The van der Waals surface area contributed by atoms with Crippen LogP contribution in [-0.2, 0) is 0 Å². The van der Waals surface area contributed by atoms with E-state index in [-0.39, 0.29) is 21.8 Å². The van der Waals surface area contributed by atoms with Crippen molar-refractivity contribution in [2.45, 2.75) is 0 Å². The molecule has 0 aliphatic rings. The van der Waals surface area contributed by atoms with Crippen LogP contribution in [0.3, 0.4) is 0 Å². The van der Waals surface area contributed by atoms with Crippen LogP contribution >= 0.6 is 11.6 Å². The van der Waals surface area contributed by atoms with Crippen molar-refractivity contribution in [2.24, 2.45) is 0 Å². The zero-order valence-corrected chi connectivity index (χ0v) is 10.9. The van der Waals surface area contributed by atoms with E-state index in [0.29, 0.717) is 5.69 Å². The molecule has 0 aliphatic carbocycles. The van der Waals surface area contributed by atoms with E-state index in [4.69, 9.17) is 22.4 Å². The topological polar surface area (TPSA) is 105 Å². The third kappa shape index (κ3) is 2.86. The number of rotatable bonds is 3. The molecule has 0 saturated carbocycles. The fraction of sp³-hybridized carbons (Fsp3) is 0. The van der Waals surface area contributed by atoms with Gasteiger partial charge < -0.3 is 16.2 Å². The molecule has 1 aromatic carbocycles. The van der Waals surface area contributed by atoms with Crippen molar-refractivity contribution in [1.29, 1.82) is 0 Å². The molecule has 0 radical (unpaired) electrons. The van der Waals surface area contributed by atoms with Gasteiger partial charge in [0, 0.05) is 18.1 Å². The summed E-state index contributed by atoms with van der Waals surface area (Å²) in [4.78, 5) is 26.9. The van der Waals surface area contributed by atoms with Gasteiger partial charge in [-0.05, 0) is 24.3 Å². The number of hydrogen-bond donors (Lipinski definition) is 3. The molecular weight excluding hydrogens is 282 g/mol. The highest BCUT2D eigenvalue weighted by atomic mass is 35.5. The number of carboxylic acids is 1. The quantitative estimate of drug-likeness (QED) is 0.752. The number of carbonyl (C=O) groups is 2. The van der Waals surface area contributed by atoms with E-state index in [9.17, 15) is 9.59 Å². The zero-order valence-electron chi connectivity index (χ0n) is 10.1. The summed E-state index contributed by atoms with van der Waals surface area (Å²) < 4.78 is 0. The van der Waals surface area contributed by atoms with Gasteiger partial charge in [-0.2, -0.15) is 0 Å². The number of amides is 1. The number of nitrogen functional groups attached to an aromatic ring is 1. The molecule has 1 aromatic heterocycles. The standard InChI is InChI=1S/C13H10ClN3O3/c14-10-6-16-4-3-8(10)12(18)17-11-5-7(15)1-2-9(11)13(19)20/h1-6H,15H2,(H,17,18)(H,19,20). The number of anilines is 2. The smallest absolute Gasteiger partial charge is 0.337 e. The van der Waals surface area contributed by atoms with Gasteiger partial charge in [-0.15, -0.1) is 0 Å². The minimum absolute atomic E-state index is 0.0577. The van der Waals surface area contributed by atoms with E-state index in [1.807, 2.05) is 0 Å². The van der Waals surface area contributed by atoms with Crippen LogP contribution in [0, 0.1) is 0 Å². The van der Waals surface area contributed by atoms with Crippen LogP contribution in [0.1, 0.15) is 20.7 Å². The normalized spacial score (nSPS) is 10.1. The minimum atomic E-state index is -1.17. The Morgan fingerprint density at radius 1 is 1.25 bits per heavy atom. The maximum absolute atomic E-state index is 12.1. The molecule has 0 fully saturated rings. The SMILES string of the molecule is Nc1ccc(C(=O)O)c(NC(=O)c2ccncc2Cl)c1. The van der Waals surface area contributed by atoms with Crippen LogP contribution in [0.25, 0.3) is 0 Å². The first-order chi connectivity index (χ1) is 9.49. The van der Waals surface area contributed by atoms with Gasteiger partial charge in [0.1, 0.15) is 0 Å². The number of nitrogens with two attached hydrogens (primary N) is 1. The summed E-state index contributed by atoms with van der Waals surface area (Å²) >= 11 is 5.85. The molecule has 1 heterocycles. The third-order valence-electron chi connectivity index (χ3n) is 2.54. The maximum atomic E-state index is 12.1. The first kappa shape index (κ1) is 13.8. The lowest BCUT2D eigenvalue weighted by atomic mass is 10.1. The number of aromatic carboxylic acids is 1. The predicted octanol–water partition coefficient (Wildman–Crippen LogP) is 2.27. The Labute approximate surface area is 119 Å². The molecule has 2 aromatic rings. The number of nitrogens with one attached hydrogen (secondary N) is 1. The highest BCUT2D eigenvalue weighted by Crippen LogP contribution is 2.21. The van der Waals surface area contributed by atoms with Gasteiger partial charge in [0.05, 0.1) is 21.8 Å². The summed E-state index contributed by atoms with van der Waals surface area (Å²) in [5.74, 6) is -1.70. The number of aromatic nitrogens is 1. The van der Waals surface area contributed by atoms with Crippen LogP contribution in [0.4, 0.5) is 11.4 Å². The van der Waals surface area contributed by atoms with E-state index in [0.717, 1.165) is 0 Å². The second kappa shape index (κ2) is 5.58. The molecule has 6 nitrogen and oxygen atoms in total. The number of hydrogen-bond acceptors (Lipinski definition) is 4. The second-order valence-electron chi connectivity index (χ2n) is 3.92. The molecule has 0 aliphatic heterocycles. The van der Waals surface area contributed by atoms with Gasteiger partial charge in [0.15, 0.2) is 0 Å². The number of nitrogens with zero attached hydrogens (tertiary/aromatic N) is 1. The Morgan fingerprint density at radius 2 is 2.00 bits per heavy atom. The summed E-state index contributed by atoms with van der Waals surface area (Å²) in [6.45, 7) is 0. The van der Waals surface area contributed by atoms with Gasteiger partial charge in [-0.1, -0.05) is 11.6 Å². The molecule has 2 rings (SSSR count). The Bertz CT molecular complexity index is 688. The Morgan fingerprint density at radius 3 is 2.65 bits per heavy atom. The van der Waals surface area contributed by atoms with Crippen LogP contribution in [0.15, 0.2) is 36.7 Å². The van der Waals surface area contributed by atoms with E-state index >= 15 is 0 Å². The number of carboxylic acid groups (broad SMARTS) is 1. The first-order valence-electron chi connectivity index (χ1n) is 5.52. The van der Waals surface area contributed by atoms with Gasteiger partial charge in [-0.3, -0.25) is 9.78 Å². The van der Waals surface area contributed by atoms with Crippen molar-refractivity contribution < 1.29 is 14.7 Å². The van der Waals surface area contributed by atoms with Crippen molar-refractivity contribution in [2.75, 3.05) is 11.1 Å². The van der Waals surface area contributed by atoms with E-state index in [1.54, 1.807) is 0 Å². The molecule has 4 N–H and O–H groups in total. The number of pyridine rings is 1. The van der Waals surface area contributed by atoms with Gasteiger partial charge in [-0.25, -0.2) is 4.79 Å². The molecule has 0 spiro atoms. The van der Waals surface area contributed by atoms with Gasteiger partial charge in [0.25, 0.3) is 5.91 Å². The minimum Gasteiger partial charge on any atom is -0.478 e. The summed E-state index contributed by atoms with van der Waals surface area (Å²) in [7, 11) is 0. The highest BCUT2D eigenvalue weighted by molar-refractivity contribution is 6.34. The summed E-state index contributed by atoms with van der Waals surface area (Å²) in [6.07, 6.45) is 2.74. The molecule has 0 atom stereocenters. The predicted molar refractivity (Wildman–Crippen MR) is 75.0 cm³/mol. The molecule has 0 bridgehead atoms. The number of halogens is 1. The molecular formula is C13H10ClN3O3. The molecule has 7 heteroatoms. The van der Waals surface area contributed by atoms with E-state index in [2.05, 4.69) is 10.3 Å². The van der Waals surface area contributed by atoms with Crippen molar-refractivity contribution in [3.63, 3.8) is 0 Å². The molecule has 102 valence electrons. The fourth-order valence-electron chi connectivity index (χ4n) is 1.60. The van der Waals surface area contributed by atoms with Crippen molar-refractivity contribution >= 4 is 34.9 Å². The Balaban J connectivity index is 2.35. The second-order valence-corrected chi connectivity index (χ2v) is 4.33. The van der Waals surface area contributed by atoms with Crippen molar-refractivity contribution in [3.05, 3.63) is 52.8 Å². The lowest BCUT2D eigenvalue weighted by Gasteiger charge is -2.10. The van der Waals surface area contributed by atoms with E-state index < -0.39 is 11.9 Å². The lowest BCUT2D eigenvalue weighted by molar-refractivity contribution is 0.0698. The number of benzene rings is 1. The van der Waals surface area contributed by atoms with E-state index in [1.165, 1.54) is 36.7 Å². The molecule has 0 saturated heterocycles. The molecule has 20 heavy (non-hydrogen) atoms. The molecule has 0 unspecified atom stereocenters. The third-order valence-corrected chi connectivity index (χ3v) is 2.84. The highest BCUT2D eigenvalue weighted by Gasteiger charge is 2.15. The van der Waals surface area contributed by atoms with Gasteiger partial charge >= 0.3 is 5.97 Å². The lowest BCUT2D eigenvalue weighted by Crippen LogP contribution is -2.15. The zero-order chi connectivity index (χ0) is 14.7.